The van der Waals surface area contributed by atoms with Gasteiger partial charge in [-0.15, -0.1) is 0 Å². The fourth-order valence-electron chi connectivity index (χ4n) is 1.95. The minimum Gasteiger partial charge on any atom is -0.496 e. The first-order valence-corrected chi connectivity index (χ1v) is 6.85. The van der Waals surface area contributed by atoms with Crippen molar-refractivity contribution >= 4 is 22.6 Å². The normalized spacial score (nSPS) is 12.2. The number of aryl methyl sites for hydroxylation is 1. The Bertz CT molecular complexity index is 537. The molecule has 2 aromatic rings. The van der Waals surface area contributed by atoms with Crippen molar-refractivity contribution in [1.82, 2.24) is 0 Å². The van der Waals surface area contributed by atoms with E-state index in [0.717, 1.165) is 16.9 Å². The zero-order valence-corrected chi connectivity index (χ0v) is 12.6. The van der Waals surface area contributed by atoms with Gasteiger partial charge in [0.25, 0.3) is 0 Å². The molecule has 2 nitrogen and oxygen atoms in total. The molecular formula is C15H16INO. The van der Waals surface area contributed by atoms with Gasteiger partial charge in [0.1, 0.15) is 5.75 Å². The van der Waals surface area contributed by atoms with Crippen LogP contribution in [0.15, 0.2) is 42.5 Å². The van der Waals surface area contributed by atoms with Crippen molar-refractivity contribution in [3.05, 3.63) is 62.7 Å². The average molecular weight is 353 g/mol. The molecule has 2 N–H and O–H groups in total. The van der Waals surface area contributed by atoms with Gasteiger partial charge in [-0.25, -0.2) is 0 Å². The molecule has 2 rings (SSSR count). The van der Waals surface area contributed by atoms with Crippen molar-refractivity contribution in [2.45, 2.75) is 13.0 Å². The fourth-order valence-corrected chi connectivity index (χ4v) is 2.31. The van der Waals surface area contributed by atoms with Crippen LogP contribution in [-0.2, 0) is 0 Å². The van der Waals surface area contributed by atoms with Crippen molar-refractivity contribution in [2.24, 2.45) is 5.73 Å². The fraction of sp³-hybridized carbons (Fsp3) is 0.200. The van der Waals surface area contributed by atoms with Gasteiger partial charge in [-0.1, -0.05) is 29.8 Å². The van der Waals surface area contributed by atoms with Crippen LogP contribution in [0.25, 0.3) is 0 Å². The molecule has 1 atom stereocenters. The lowest BCUT2D eigenvalue weighted by Gasteiger charge is -2.17. The highest BCUT2D eigenvalue weighted by molar-refractivity contribution is 14.1. The molecule has 94 valence electrons. The maximum atomic E-state index is 6.33. The largest absolute Gasteiger partial charge is 0.496 e. The van der Waals surface area contributed by atoms with Gasteiger partial charge in [0.15, 0.2) is 0 Å². The van der Waals surface area contributed by atoms with Crippen LogP contribution in [0.2, 0.25) is 0 Å². The highest BCUT2D eigenvalue weighted by Crippen LogP contribution is 2.29. The molecule has 1 unspecified atom stereocenters. The molecule has 0 spiro atoms. The minimum absolute atomic E-state index is 0.156. The van der Waals surface area contributed by atoms with E-state index in [1.54, 1.807) is 7.11 Å². The third-order valence-corrected chi connectivity index (χ3v) is 3.67. The first-order valence-electron chi connectivity index (χ1n) is 5.77. The lowest BCUT2D eigenvalue weighted by atomic mass is 9.97. The summed E-state index contributed by atoms with van der Waals surface area (Å²) in [5.74, 6) is 0.839. The predicted octanol–water partition coefficient (Wildman–Crippen LogP) is 3.66. The Balaban J connectivity index is 2.41. The van der Waals surface area contributed by atoms with E-state index < -0.39 is 0 Å². The molecule has 0 fully saturated rings. The van der Waals surface area contributed by atoms with E-state index in [9.17, 15) is 0 Å². The number of ether oxygens (including phenoxy) is 1. The topological polar surface area (TPSA) is 35.2 Å². The third kappa shape index (κ3) is 2.84. The summed E-state index contributed by atoms with van der Waals surface area (Å²) >= 11 is 2.29. The number of benzene rings is 2. The van der Waals surface area contributed by atoms with E-state index in [4.69, 9.17) is 10.5 Å². The van der Waals surface area contributed by atoms with E-state index in [-0.39, 0.29) is 6.04 Å². The summed E-state index contributed by atoms with van der Waals surface area (Å²) in [5.41, 5.74) is 9.64. The van der Waals surface area contributed by atoms with Crippen LogP contribution in [0.5, 0.6) is 5.75 Å². The van der Waals surface area contributed by atoms with Gasteiger partial charge in [0, 0.05) is 9.13 Å². The molecule has 0 aliphatic rings. The highest BCUT2D eigenvalue weighted by Gasteiger charge is 2.14. The molecule has 18 heavy (non-hydrogen) atoms. The molecule has 3 heteroatoms. The Kier molecular flexibility index (Phi) is 4.24. The maximum Gasteiger partial charge on any atom is 0.123 e. The molecule has 2 aromatic carbocycles. The number of hydrogen-bond acceptors (Lipinski definition) is 2. The van der Waals surface area contributed by atoms with Crippen LogP contribution >= 0.6 is 22.6 Å². The standard InChI is InChI=1S/C15H16INO/c1-10-3-8-14(18-2)13(9-10)15(17)11-4-6-12(16)7-5-11/h3-9,15H,17H2,1-2H3. The number of nitrogens with two attached hydrogens (primary N) is 1. The van der Waals surface area contributed by atoms with E-state index in [1.807, 2.05) is 12.1 Å². The molecule has 0 heterocycles. The Labute approximate surface area is 121 Å². The number of halogens is 1. The summed E-state index contributed by atoms with van der Waals surface area (Å²) in [6, 6.07) is 14.2. The van der Waals surface area contributed by atoms with Gasteiger partial charge in [-0.2, -0.15) is 0 Å². The van der Waals surface area contributed by atoms with Crippen molar-refractivity contribution in [3.63, 3.8) is 0 Å². The SMILES string of the molecule is COc1ccc(C)cc1C(N)c1ccc(I)cc1. The summed E-state index contributed by atoms with van der Waals surface area (Å²) in [6.07, 6.45) is 0. The predicted molar refractivity (Wildman–Crippen MR) is 82.9 cm³/mol. The zero-order chi connectivity index (χ0) is 13.1. The average Bonchev–Trinajstić information content (AvgIpc) is 2.39. The Morgan fingerprint density at radius 2 is 1.78 bits per heavy atom. The molecule has 0 amide bonds. The highest BCUT2D eigenvalue weighted by atomic mass is 127. The van der Waals surface area contributed by atoms with Crippen LogP contribution in [-0.4, -0.2) is 7.11 Å². The van der Waals surface area contributed by atoms with Gasteiger partial charge in [0.2, 0.25) is 0 Å². The van der Waals surface area contributed by atoms with E-state index >= 15 is 0 Å². The van der Waals surface area contributed by atoms with Crippen LogP contribution in [0.3, 0.4) is 0 Å². The quantitative estimate of drug-likeness (QED) is 0.855. The maximum absolute atomic E-state index is 6.33. The molecule has 0 saturated heterocycles. The number of methoxy groups -OCH3 is 1. The Morgan fingerprint density at radius 3 is 2.39 bits per heavy atom. The molecule has 0 saturated carbocycles. The second-order valence-corrected chi connectivity index (χ2v) is 5.52. The van der Waals surface area contributed by atoms with Crippen molar-refractivity contribution < 1.29 is 4.74 Å². The lowest BCUT2D eigenvalue weighted by molar-refractivity contribution is 0.407. The zero-order valence-electron chi connectivity index (χ0n) is 10.5. The molecule has 0 aromatic heterocycles. The summed E-state index contributed by atoms with van der Waals surface area (Å²) in [4.78, 5) is 0. The van der Waals surface area contributed by atoms with Gasteiger partial charge >= 0.3 is 0 Å². The van der Waals surface area contributed by atoms with Crippen molar-refractivity contribution in [2.75, 3.05) is 7.11 Å². The minimum atomic E-state index is -0.156. The van der Waals surface area contributed by atoms with Crippen LogP contribution < -0.4 is 10.5 Å². The number of rotatable bonds is 3. The van der Waals surface area contributed by atoms with Crippen LogP contribution in [0.4, 0.5) is 0 Å². The second-order valence-electron chi connectivity index (χ2n) is 4.27. The van der Waals surface area contributed by atoms with Crippen LogP contribution in [0.1, 0.15) is 22.7 Å². The molecule has 0 radical (unpaired) electrons. The van der Waals surface area contributed by atoms with Crippen molar-refractivity contribution in [3.8, 4) is 5.75 Å². The van der Waals surface area contributed by atoms with E-state index in [1.165, 1.54) is 9.13 Å². The lowest BCUT2D eigenvalue weighted by Crippen LogP contribution is -2.13. The van der Waals surface area contributed by atoms with Gasteiger partial charge in [-0.05, 0) is 53.3 Å². The third-order valence-electron chi connectivity index (χ3n) is 2.95. The van der Waals surface area contributed by atoms with Crippen molar-refractivity contribution in [1.29, 1.82) is 0 Å². The Hall–Kier alpha value is -1.07. The summed E-state index contributed by atoms with van der Waals surface area (Å²) < 4.78 is 6.59. The smallest absolute Gasteiger partial charge is 0.123 e. The molecule has 0 bridgehead atoms. The summed E-state index contributed by atoms with van der Waals surface area (Å²) in [6.45, 7) is 2.06. The number of hydrogen-bond donors (Lipinski definition) is 1. The van der Waals surface area contributed by atoms with Gasteiger partial charge < -0.3 is 10.5 Å². The van der Waals surface area contributed by atoms with Crippen LogP contribution in [0, 0.1) is 10.5 Å². The van der Waals surface area contributed by atoms with Gasteiger partial charge in [-0.3, -0.25) is 0 Å². The monoisotopic (exact) mass is 353 g/mol. The second kappa shape index (κ2) is 5.71. The Morgan fingerprint density at radius 1 is 1.11 bits per heavy atom. The van der Waals surface area contributed by atoms with Gasteiger partial charge in [0.05, 0.1) is 13.2 Å². The first-order chi connectivity index (χ1) is 8.61. The van der Waals surface area contributed by atoms with E-state index in [2.05, 4.69) is 59.8 Å². The first kappa shape index (κ1) is 13.4. The van der Waals surface area contributed by atoms with E-state index in [0.29, 0.717) is 0 Å². The molecule has 0 aliphatic carbocycles. The summed E-state index contributed by atoms with van der Waals surface area (Å²) in [7, 11) is 1.68. The summed E-state index contributed by atoms with van der Waals surface area (Å²) in [5, 5.41) is 0. The molecule has 0 aliphatic heterocycles. The molecular weight excluding hydrogens is 337 g/mol.